The highest BCUT2D eigenvalue weighted by molar-refractivity contribution is 6.31. The van der Waals surface area contributed by atoms with Crippen LogP contribution in [-0.2, 0) is 11.2 Å². The Bertz CT molecular complexity index is 376. The van der Waals surface area contributed by atoms with E-state index in [2.05, 4.69) is 5.43 Å². The molecule has 0 spiro atoms. The number of methoxy groups -OCH3 is 1. The van der Waals surface area contributed by atoms with E-state index in [0.717, 1.165) is 18.4 Å². The molecule has 0 heterocycles. The van der Waals surface area contributed by atoms with Gasteiger partial charge in [-0.1, -0.05) is 23.7 Å². The number of halogens is 2. The summed E-state index contributed by atoms with van der Waals surface area (Å²) < 4.78 is 18.5. The summed E-state index contributed by atoms with van der Waals surface area (Å²) in [4.78, 5) is 0. The van der Waals surface area contributed by atoms with Gasteiger partial charge in [0, 0.05) is 13.2 Å². The minimum absolute atomic E-state index is 0.0573. The standard InChI is InChI=1S/C13H20ClFN2O/c1-9(18-2)6-7-11(17-16)8-10-4-3-5-12(15)13(10)14/h3-5,9,11,17H,6-8,16H2,1-2H3. The second kappa shape index (κ2) is 7.69. The van der Waals surface area contributed by atoms with Gasteiger partial charge in [0.05, 0.1) is 11.1 Å². The lowest BCUT2D eigenvalue weighted by atomic mass is 10.0. The maximum absolute atomic E-state index is 13.3. The summed E-state index contributed by atoms with van der Waals surface area (Å²) in [6.07, 6.45) is 2.52. The van der Waals surface area contributed by atoms with Gasteiger partial charge in [0.1, 0.15) is 5.82 Å². The number of hydrogen-bond acceptors (Lipinski definition) is 3. The fraction of sp³-hybridized carbons (Fsp3) is 0.538. The van der Waals surface area contributed by atoms with Crippen LogP contribution in [0.1, 0.15) is 25.3 Å². The highest BCUT2D eigenvalue weighted by atomic mass is 35.5. The molecule has 0 aromatic heterocycles. The summed E-state index contributed by atoms with van der Waals surface area (Å²) in [6, 6.07) is 4.88. The molecule has 0 aliphatic rings. The van der Waals surface area contributed by atoms with Crippen LogP contribution in [0.2, 0.25) is 5.02 Å². The minimum Gasteiger partial charge on any atom is -0.382 e. The van der Waals surface area contributed by atoms with Crippen LogP contribution in [-0.4, -0.2) is 19.3 Å². The van der Waals surface area contributed by atoms with Crippen molar-refractivity contribution < 1.29 is 9.13 Å². The van der Waals surface area contributed by atoms with Crippen molar-refractivity contribution in [3.63, 3.8) is 0 Å². The quantitative estimate of drug-likeness (QED) is 0.594. The van der Waals surface area contributed by atoms with Gasteiger partial charge in [-0.2, -0.15) is 0 Å². The Kier molecular flexibility index (Phi) is 6.57. The van der Waals surface area contributed by atoms with Gasteiger partial charge in [0.25, 0.3) is 0 Å². The zero-order chi connectivity index (χ0) is 13.5. The van der Waals surface area contributed by atoms with Crippen LogP contribution in [0.3, 0.4) is 0 Å². The molecule has 0 saturated carbocycles. The van der Waals surface area contributed by atoms with Crippen molar-refractivity contribution in [3.8, 4) is 0 Å². The molecule has 102 valence electrons. The third-order valence-electron chi connectivity index (χ3n) is 3.06. The maximum atomic E-state index is 13.3. The third-order valence-corrected chi connectivity index (χ3v) is 3.48. The van der Waals surface area contributed by atoms with E-state index in [-0.39, 0.29) is 17.2 Å². The maximum Gasteiger partial charge on any atom is 0.142 e. The van der Waals surface area contributed by atoms with E-state index in [1.54, 1.807) is 13.2 Å². The van der Waals surface area contributed by atoms with E-state index in [4.69, 9.17) is 22.2 Å². The Morgan fingerprint density at radius 2 is 2.17 bits per heavy atom. The Balaban J connectivity index is 2.59. The zero-order valence-corrected chi connectivity index (χ0v) is 11.5. The van der Waals surface area contributed by atoms with Gasteiger partial charge in [-0.15, -0.1) is 0 Å². The van der Waals surface area contributed by atoms with E-state index in [9.17, 15) is 4.39 Å². The van der Waals surface area contributed by atoms with Crippen molar-refractivity contribution >= 4 is 11.6 Å². The Morgan fingerprint density at radius 1 is 1.44 bits per heavy atom. The molecular formula is C13H20ClFN2O. The Morgan fingerprint density at radius 3 is 2.78 bits per heavy atom. The van der Waals surface area contributed by atoms with Crippen LogP contribution in [0.5, 0.6) is 0 Å². The summed E-state index contributed by atoms with van der Waals surface area (Å²) in [7, 11) is 1.68. The summed E-state index contributed by atoms with van der Waals surface area (Å²) in [5, 5.41) is 0.178. The number of benzene rings is 1. The molecule has 3 N–H and O–H groups in total. The van der Waals surface area contributed by atoms with Crippen molar-refractivity contribution in [2.75, 3.05) is 7.11 Å². The molecule has 0 radical (unpaired) electrons. The first kappa shape index (κ1) is 15.4. The van der Waals surface area contributed by atoms with Crippen LogP contribution in [0.4, 0.5) is 4.39 Å². The Labute approximate surface area is 112 Å². The van der Waals surface area contributed by atoms with E-state index in [0.29, 0.717) is 6.42 Å². The highest BCUT2D eigenvalue weighted by Crippen LogP contribution is 2.21. The molecule has 1 aromatic carbocycles. The topological polar surface area (TPSA) is 47.3 Å². The molecule has 2 atom stereocenters. The van der Waals surface area contributed by atoms with Gasteiger partial charge in [0.2, 0.25) is 0 Å². The molecule has 0 fully saturated rings. The lowest BCUT2D eigenvalue weighted by molar-refractivity contribution is 0.106. The number of rotatable bonds is 7. The molecule has 18 heavy (non-hydrogen) atoms. The SMILES string of the molecule is COC(C)CCC(Cc1cccc(F)c1Cl)NN. The average Bonchev–Trinajstić information content (AvgIpc) is 2.38. The van der Waals surface area contributed by atoms with Gasteiger partial charge >= 0.3 is 0 Å². The van der Waals surface area contributed by atoms with Crippen molar-refractivity contribution in [2.24, 2.45) is 5.84 Å². The molecule has 5 heteroatoms. The predicted molar refractivity (Wildman–Crippen MR) is 71.9 cm³/mol. The molecule has 2 unspecified atom stereocenters. The molecule has 0 aliphatic carbocycles. The van der Waals surface area contributed by atoms with E-state index >= 15 is 0 Å². The number of nitrogens with one attached hydrogen (secondary N) is 1. The van der Waals surface area contributed by atoms with Gasteiger partial charge in [0.15, 0.2) is 0 Å². The first-order chi connectivity index (χ1) is 8.58. The molecular weight excluding hydrogens is 255 g/mol. The first-order valence-corrected chi connectivity index (χ1v) is 6.38. The van der Waals surface area contributed by atoms with Crippen molar-refractivity contribution in [1.82, 2.24) is 5.43 Å². The van der Waals surface area contributed by atoms with Gasteiger partial charge < -0.3 is 4.74 Å². The smallest absolute Gasteiger partial charge is 0.142 e. The van der Waals surface area contributed by atoms with Crippen molar-refractivity contribution in [3.05, 3.63) is 34.6 Å². The zero-order valence-electron chi connectivity index (χ0n) is 10.7. The molecule has 0 saturated heterocycles. The minimum atomic E-state index is -0.393. The summed E-state index contributed by atoms with van der Waals surface area (Å²) >= 11 is 5.92. The van der Waals surface area contributed by atoms with E-state index < -0.39 is 5.82 Å². The molecule has 0 bridgehead atoms. The predicted octanol–water partition coefficient (Wildman–Crippen LogP) is 2.67. The van der Waals surface area contributed by atoms with Crippen LogP contribution in [0.25, 0.3) is 0 Å². The second-order valence-electron chi connectivity index (χ2n) is 4.40. The summed E-state index contributed by atoms with van der Waals surface area (Å²) in [5.74, 6) is 5.12. The van der Waals surface area contributed by atoms with Crippen LogP contribution >= 0.6 is 11.6 Å². The molecule has 1 aromatic rings. The average molecular weight is 275 g/mol. The van der Waals surface area contributed by atoms with E-state index in [1.807, 2.05) is 13.0 Å². The summed E-state index contributed by atoms with van der Waals surface area (Å²) in [6.45, 7) is 2.00. The van der Waals surface area contributed by atoms with Crippen LogP contribution in [0, 0.1) is 5.82 Å². The monoisotopic (exact) mass is 274 g/mol. The number of ether oxygens (including phenoxy) is 1. The lowest BCUT2D eigenvalue weighted by Gasteiger charge is -2.18. The fourth-order valence-corrected chi connectivity index (χ4v) is 1.97. The Hall–Kier alpha value is -0.680. The van der Waals surface area contributed by atoms with E-state index in [1.165, 1.54) is 6.07 Å². The largest absolute Gasteiger partial charge is 0.382 e. The first-order valence-electron chi connectivity index (χ1n) is 6.00. The van der Waals surface area contributed by atoms with Gasteiger partial charge in [-0.3, -0.25) is 11.3 Å². The van der Waals surface area contributed by atoms with Crippen molar-refractivity contribution in [1.29, 1.82) is 0 Å². The molecule has 0 amide bonds. The van der Waals surface area contributed by atoms with Crippen LogP contribution < -0.4 is 11.3 Å². The van der Waals surface area contributed by atoms with Gasteiger partial charge in [-0.05, 0) is 37.8 Å². The second-order valence-corrected chi connectivity index (χ2v) is 4.78. The molecule has 1 rings (SSSR count). The highest BCUT2D eigenvalue weighted by Gasteiger charge is 2.13. The summed E-state index contributed by atoms with van der Waals surface area (Å²) in [5.41, 5.74) is 3.51. The van der Waals surface area contributed by atoms with Gasteiger partial charge in [-0.25, -0.2) is 4.39 Å². The lowest BCUT2D eigenvalue weighted by Crippen LogP contribution is -2.37. The normalized spacial score (nSPS) is 14.5. The molecule has 3 nitrogen and oxygen atoms in total. The number of hydrazine groups is 1. The fourth-order valence-electron chi connectivity index (χ4n) is 1.77. The van der Waals surface area contributed by atoms with Crippen LogP contribution in [0.15, 0.2) is 18.2 Å². The molecule has 0 aliphatic heterocycles. The number of nitrogens with two attached hydrogens (primary N) is 1. The third kappa shape index (κ3) is 4.53. The van der Waals surface area contributed by atoms with Crippen molar-refractivity contribution in [2.45, 2.75) is 38.3 Å². The number of hydrogen-bond donors (Lipinski definition) is 2.